The van der Waals surface area contributed by atoms with Crippen molar-refractivity contribution >= 4 is 5.78 Å². The molecule has 0 aromatic heterocycles. The molecule has 0 spiro atoms. The van der Waals surface area contributed by atoms with Gasteiger partial charge in [0.25, 0.3) is 0 Å². The summed E-state index contributed by atoms with van der Waals surface area (Å²) in [6, 6.07) is 0. The SMILES string of the molecule is CC(=O)C=CC=C(C)C#CC1C(C)CCCC1(C)CO. The largest absolute Gasteiger partial charge is 0.396 e. The third-order valence-electron chi connectivity index (χ3n) is 4.19. The predicted octanol–water partition coefficient (Wildman–Crippen LogP) is 3.52. The Kier molecular flexibility index (Phi) is 6.23. The Bertz CT molecular complexity index is 462. The van der Waals surface area contributed by atoms with E-state index in [4.69, 9.17) is 0 Å². The lowest BCUT2D eigenvalue weighted by Gasteiger charge is -2.41. The lowest BCUT2D eigenvalue weighted by atomic mass is 9.64. The van der Waals surface area contributed by atoms with E-state index in [0.29, 0.717) is 5.92 Å². The van der Waals surface area contributed by atoms with E-state index in [2.05, 4.69) is 25.7 Å². The summed E-state index contributed by atoms with van der Waals surface area (Å²) < 4.78 is 0. The van der Waals surface area contributed by atoms with Crippen LogP contribution in [-0.4, -0.2) is 17.5 Å². The minimum absolute atomic E-state index is 0.0377. The number of hydrogen-bond donors (Lipinski definition) is 1. The molecule has 1 rings (SSSR count). The summed E-state index contributed by atoms with van der Waals surface area (Å²) in [5, 5.41) is 9.68. The third kappa shape index (κ3) is 4.65. The van der Waals surface area contributed by atoms with Gasteiger partial charge in [-0.15, -0.1) is 0 Å². The molecule has 3 atom stereocenters. The molecule has 0 radical (unpaired) electrons. The predicted molar refractivity (Wildman–Crippen MR) is 83.1 cm³/mol. The molecule has 0 heterocycles. The maximum Gasteiger partial charge on any atom is 0.152 e. The van der Waals surface area contributed by atoms with Gasteiger partial charge in [0.05, 0.1) is 0 Å². The topological polar surface area (TPSA) is 37.3 Å². The van der Waals surface area contributed by atoms with Crippen molar-refractivity contribution in [2.24, 2.45) is 17.3 Å². The Balaban J connectivity index is 2.84. The average Bonchev–Trinajstić information content (AvgIpc) is 2.37. The smallest absolute Gasteiger partial charge is 0.152 e. The third-order valence-corrected chi connectivity index (χ3v) is 4.19. The monoisotopic (exact) mass is 274 g/mol. The van der Waals surface area contributed by atoms with Gasteiger partial charge in [-0.25, -0.2) is 0 Å². The maximum absolute atomic E-state index is 10.8. The van der Waals surface area contributed by atoms with E-state index in [9.17, 15) is 9.90 Å². The van der Waals surface area contributed by atoms with Crippen molar-refractivity contribution in [1.82, 2.24) is 0 Å². The molecule has 1 saturated carbocycles. The van der Waals surface area contributed by atoms with Gasteiger partial charge in [-0.05, 0) is 44.3 Å². The fourth-order valence-corrected chi connectivity index (χ4v) is 2.89. The molecule has 0 bridgehead atoms. The molecule has 0 aromatic carbocycles. The molecule has 1 fully saturated rings. The Hall–Kier alpha value is -1.33. The van der Waals surface area contributed by atoms with Crippen molar-refractivity contribution in [3.63, 3.8) is 0 Å². The summed E-state index contributed by atoms with van der Waals surface area (Å²) in [4.78, 5) is 10.8. The van der Waals surface area contributed by atoms with Gasteiger partial charge in [0.1, 0.15) is 0 Å². The zero-order chi connectivity index (χ0) is 15.2. The van der Waals surface area contributed by atoms with Crippen LogP contribution in [0.3, 0.4) is 0 Å². The van der Waals surface area contributed by atoms with Gasteiger partial charge in [0.2, 0.25) is 0 Å². The maximum atomic E-state index is 10.8. The number of aliphatic hydroxyl groups excluding tert-OH is 1. The zero-order valence-electron chi connectivity index (χ0n) is 13.1. The van der Waals surface area contributed by atoms with E-state index < -0.39 is 0 Å². The second-order valence-electron chi connectivity index (χ2n) is 6.25. The first kappa shape index (κ1) is 16.7. The highest BCUT2D eigenvalue weighted by atomic mass is 16.3. The summed E-state index contributed by atoms with van der Waals surface area (Å²) in [7, 11) is 0. The van der Waals surface area contributed by atoms with Crippen molar-refractivity contribution in [1.29, 1.82) is 0 Å². The summed E-state index contributed by atoms with van der Waals surface area (Å²) in [6.07, 6.45) is 8.53. The van der Waals surface area contributed by atoms with Crippen LogP contribution in [-0.2, 0) is 4.79 Å². The van der Waals surface area contributed by atoms with E-state index >= 15 is 0 Å². The molecule has 1 aliphatic rings. The Morgan fingerprint density at radius 2 is 2.15 bits per heavy atom. The molecule has 1 N–H and O–H groups in total. The number of ketones is 1. The fourth-order valence-electron chi connectivity index (χ4n) is 2.89. The molecule has 3 unspecified atom stereocenters. The van der Waals surface area contributed by atoms with Crippen molar-refractivity contribution in [3.8, 4) is 11.8 Å². The van der Waals surface area contributed by atoms with Crippen LogP contribution < -0.4 is 0 Å². The van der Waals surface area contributed by atoms with Crippen molar-refractivity contribution < 1.29 is 9.90 Å². The van der Waals surface area contributed by atoms with Crippen LogP contribution in [0, 0.1) is 29.1 Å². The second kappa shape index (κ2) is 7.45. The van der Waals surface area contributed by atoms with Crippen LogP contribution in [0.25, 0.3) is 0 Å². The highest BCUT2D eigenvalue weighted by Gasteiger charge is 2.39. The fraction of sp³-hybridized carbons (Fsp3) is 0.611. The van der Waals surface area contributed by atoms with Crippen molar-refractivity contribution in [2.45, 2.75) is 47.0 Å². The number of carbonyl (C=O) groups is 1. The molecule has 110 valence electrons. The van der Waals surface area contributed by atoms with E-state index in [-0.39, 0.29) is 23.7 Å². The van der Waals surface area contributed by atoms with E-state index in [1.54, 1.807) is 6.08 Å². The number of rotatable bonds is 3. The van der Waals surface area contributed by atoms with Crippen molar-refractivity contribution in [3.05, 3.63) is 23.8 Å². The summed E-state index contributed by atoms with van der Waals surface area (Å²) in [5.74, 6) is 7.33. The second-order valence-corrected chi connectivity index (χ2v) is 6.25. The summed E-state index contributed by atoms with van der Waals surface area (Å²) in [6.45, 7) is 8.03. The van der Waals surface area contributed by atoms with E-state index in [1.165, 1.54) is 25.8 Å². The number of hydrogen-bond acceptors (Lipinski definition) is 2. The Morgan fingerprint density at radius 3 is 2.75 bits per heavy atom. The quantitative estimate of drug-likeness (QED) is 0.486. The number of aliphatic hydroxyl groups is 1. The Labute approximate surface area is 123 Å². The van der Waals surface area contributed by atoms with Gasteiger partial charge >= 0.3 is 0 Å². The lowest BCUT2D eigenvalue weighted by molar-refractivity contribution is -0.112. The molecule has 0 aromatic rings. The van der Waals surface area contributed by atoms with Gasteiger partial charge in [0.15, 0.2) is 5.78 Å². The van der Waals surface area contributed by atoms with Gasteiger partial charge < -0.3 is 5.11 Å². The van der Waals surface area contributed by atoms with E-state index in [1.807, 2.05) is 13.0 Å². The summed E-state index contributed by atoms with van der Waals surface area (Å²) in [5.41, 5.74) is 0.862. The van der Waals surface area contributed by atoms with Crippen LogP contribution in [0.1, 0.15) is 47.0 Å². The zero-order valence-corrected chi connectivity index (χ0v) is 13.1. The highest BCUT2D eigenvalue weighted by Crippen LogP contribution is 2.43. The molecule has 2 nitrogen and oxygen atoms in total. The first-order valence-corrected chi connectivity index (χ1v) is 7.37. The standard InChI is InChI=1S/C18H26O2/c1-14(7-5-9-16(3)20)10-11-17-15(2)8-6-12-18(17,4)13-19/h5,7,9,15,17,19H,6,8,12-13H2,1-4H3. The molecule has 1 aliphatic carbocycles. The van der Waals surface area contributed by atoms with Crippen LogP contribution in [0.2, 0.25) is 0 Å². The number of allylic oxidation sites excluding steroid dienone is 4. The van der Waals surface area contributed by atoms with Crippen LogP contribution >= 0.6 is 0 Å². The van der Waals surface area contributed by atoms with Crippen LogP contribution in [0.15, 0.2) is 23.8 Å². The van der Waals surface area contributed by atoms with Crippen LogP contribution in [0.4, 0.5) is 0 Å². The molecule has 0 amide bonds. The number of carbonyl (C=O) groups excluding carboxylic acids is 1. The lowest BCUT2D eigenvalue weighted by Crippen LogP contribution is -2.38. The van der Waals surface area contributed by atoms with Gasteiger partial charge in [0, 0.05) is 17.9 Å². The summed E-state index contributed by atoms with van der Waals surface area (Å²) >= 11 is 0. The van der Waals surface area contributed by atoms with Gasteiger partial charge in [-0.2, -0.15) is 0 Å². The first-order valence-electron chi connectivity index (χ1n) is 7.37. The molecular formula is C18H26O2. The highest BCUT2D eigenvalue weighted by molar-refractivity contribution is 5.87. The molecule has 20 heavy (non-hydrogen) atoms. The first-order chi connectivity index (χ1) is 9.39. The minimum Gasteiger partial charge on any atom is -0.396 e. The normalized spacial score (nSPS) is 30.9. The molecule has 0 aliphatic heterocycles. The molecule has 0 saturated heterocycles. The van der Waals surface area contributed by atoms with Gasteiger partial charge in [-0.3, -0.25) is 4.79 Å². The molecule has 2 heteroatoms. The van der Waals surface area contributed by atoms with E-state index in [0.717, 1.165) is 12.0 Å². The molecular weight excluding hydrogens is 248 g/mol. The minimum atomic E-state index is -0.0832. The van der Waals surface area contributed by atoms with Crippen molar-refractivity contribution in [2.75, 3.05) is 6.61 Å². The van der Waals surface area contributed by atoms with Crippen LogP contribution in [0.5, 0.6) is 0 Å². The average molecular weight is 274 g/mol. The van der Waals surface area contributed by atoms with Gasteiger partial charge in [-0.1, -0.05) is 44.3 Å². The Morgan fingerprint density at radius 1 is 1.45 bits per heavy atom.